The van der Waals surface area contributed by atoms with Gasteiger partial charge in [0.25, 0.3) is 5.91 Å². The first-order chi connectivity index (χ1) is 16.5. The van der Waals surface area contributed by atoms with E-state index in [1.165, 1.54) is 22.6 Å². The van der Waals surface area contributed by atoms with Gasteiger partial charge in [0.2, 0.25) is 0 Å². The number of thioether (sulfide) groups is 1. The Bertz CT molecular complexity index is 1400. The van der Waals surface area contributed by atoms with Gasteiger partial charge in [0.15, 0.2) is 0 Å². The number of amides is 1. The predicted octanol–water partition coefficient (Wildman–Crippen LogP) is 5.20. The zero-order valence-corrected chi connectivity index (χ0v) is 19.1. The molecule has 5 rings (SSSR count). The summed E-state index contributed by atoms with van der Waals surface area (Å²) in [5, 5.41) is 24.7. The molecule has 34 heavy (non-hydrogen) atoms. The lowest BCUT2D eigenvalue weighted by molar-refractivity contribution is 0.0696. The second-order valence-corrected chi connectivity index (χ2v) is 9.51. The third kappa shape index (κ3) is 4.55. The van der Waals surface area contributed by atoms with E-state index in [0.29, 0.717) is 23.2 Å². The highest BCUT2D eigenvalue weighted by Crippen LogP contribution is 2.31. The van der Waals surface area contributed by atoms with E-state index in [9.17, 15) is 14.7 Å². The number of aliphatic hydroxyl groups is 1. The van der Waals surface area contributed by atoms with Crippen molar-refractivity contribution in [3.8, 4) is 0 Å². The maximum absolute atomic E-state index is 12.8. The summed E-state index contributed by atoms with van der Waals surface area (Å²) >= 11 is 1.87. The average Bonchev–Trinajstić information content (AvgIpc) is 3.34. The Kier molecular flexibility index (Phi) is 6.09. The molecule has 0 aliphatic carbocycles. The summed E-state index contributed by atoms with van der Waals surface area (Å²) in [6, 6.07) is 23.7. The van der Waals surface area contributed by atoms with E-state index in [2.05, 4.69) is 23.5 Å². The van der Waals surface area contributed by atoms with Crippen molar-refractivity contribution < 1.29 is 19.8 Å². The van der Waals surface area contributed by atoms with Gasteiger partial charge >= 0.3 is 5.97 Å². The molecule has 0 spiro atoms. The van der Waals surface area contributed by atoms with Crippen LogP contribution in [0.3, 0.4) is 0 Å². The van der Waals surface area contributed by atoms with Gasteiger partial charge in [-0.1, -0.05) is 42.5 Å². The molecule has 1 heterocycles. The summed E-state index contributed by atoms with van der Waals surface area (Å²) in [6.07, 6.45) is 0.173. The van der Waals surface area contributed by atoms with Crippen molar-refractivity contribution in [2.45, 2.75) is 24.0 Å². The summed E-state index contributed by atoms with van der Waals surface area (Å²) in [5.74, 6) is -0.0354. The highest BCUT2D eigenvalue weighted by atomic mass is 32.2. The van der Waals surface area contributed by atoms with Gasteiger partial charge in [-0.2, -0.15) is 0 Å². The number of carboxylic acid groups (broad SMARTS) is 1. The van der Waals surface area contributed by atoms with E-state index in [1.807, 2.05) is 42.1 Å². The number of nitrogens with one attached hydrogen (secondary N) is 1. The number of benzene rings is 4. The molecule has 0 radical (unpaired) electrons. The van der Waals surface area contributed by atoms with Crippen LogP contribution in [0.1, 0.15) is 49.1 Å². The highest BCUT2D eigenvalue weighted by molar-refractivity contribution is 7.99. The van der Waals surface area contributed by atoms with E-state index in [1.54, 1.807) is 18.2 Å². The number of aromatic carboxylic acids is 1. The third-order valence-electron chi connectivity index (χ3n) is 6.12. The largest absolute Gasteiger partial charge is 0.478 e. The molecule has 0 saturated heterocycles. The number of fused-ring (bicyclic) bond motifs is 2. The van der Waals surface area contributed by atoms with Crippen LogP contribution in [0.15, 0.2) is 83.8 Å². The van der Waals surface area contributed by atoms with Gasteiger partial charge < -0.3 is 15.5 Å². The molecule has 1 amide bonds. The van der Waals surface area contributed by atoms with E-state index >= 15 is 0 Å². The second-order valence-electron chi connectivity index (χ2n) is 8.37. The van der Waals surface area contributed by atoms with Crippen LogP contribution in [0.5, 0.6) is 0 Å². The Morgan fingerprint density at radius 2 is 1.59 bits per heavy atom. The summed E-state index contributed by atoms with van der Waals surface area (Å²) in [5.41, 5.74) is 4.45. The van der Waals surface area contributed by atoms with Gasteiger partial charge in [0, 0.05) is 22.8 Å². The number of aliphatic hydroxyl groups excluding tert-OH is 1. The number of carbonyl (C=O) groups is 2. The van der Waals surface area contributed by atoms with E-state index in [0.717, 1.165) is 28.5 Å². The van der Waals surface area contributed by atoms with E-state index < -0.39 is 12.1 Å². The molecule has 4 aromatic rings. The quantitative estimate of drug-likeness (QED) is 0.361. The number of carbonyl (C=O) groups excluding carboxylic acids is 1. The zero-order chi connectivity index (χ0) is 23.7. The fourth-order valence-corrected chi connectivity index (χ4v) is 5.26. The number of hydrogen-bond acceptors (Lipinski definition) is 4. The summed E-state index contributed by atoms with van der Waals surface area (Å²) in [6.45, 7) is 0.472. The zero-order valence-electron chi connectivity index (χ0n) is 18.3. The molecule has 0 aromatic heterocycles. The van der Waals surface area contributed by atoms with Gasteiger partial charge in [-0.05, 0) is 75.8 Å². The Balaban J connectivity index is 1.33. The van der Waals surface area contributed by atoms with Gasteiger partial charge in [0.05, 0.1) is 5.56 Å². The molecule has 3 N–H and O–H groups in total. The number of rotatable bonds is 6. The van der Waals surface area contributed by atoms with Crippen molar-refractivity contribution in [2.24, 2.45) is 0 Å². The fraction of sp³-hybridized carbons (Fsp3) is 0.143. The summed E-state index contributed by atoms with van der Waals surface area (Å²) < 4.78 is 0. The van der Waals surface area contributed by atoms with Crippen molar-refractivity contribution in [3.63, 3.8) is 0 Å². The molecule has 1 aliphatic rings. The molecule has 170 valence electrons. The first-order valence-corrected chi connectivity index (χ1v) is 12.0. The topological polar surface area (TPSA) is 86.6 Å². The van der Waals surface area contributed by atoms with Crippen molar-refractivity contribution in [1.82, 2.24) is 5.32 Å². The van der Waals surface area contributed by atoms with Crippen LogP contribution in [-0.2, 0) is 13.0 Å². The lowest BCUT2D eigenvalue weighted by Gasteiger charge is -2.13. The SMILES string of the molecule is O=C(O)c1ccc(C(O)c2ccc3ccc(C(=O)NCc4ccc5c(c4)CCS5)cc3c2)cc1. The van der Waals surface area contributed by atoms with Gasteiger partial charge in [-0.3, -0.25) is 4.79 Å². The molecule has 1 atom stereocenters. The number of aryl methyl sites for hydroxylation is 1. The first-order valence-electron chi connectivity index (χ1n) is 11.1. The van der Waals surface area contributed by atoms with Crippen LogP contribution in [0.4, 0.5) is 0 Å². The molecule has 6 heteroatoms. The van der Waals surface area contributed by atoms with Crippen LogP contribution in [0, 0.1) is 0 Å². The second kappa shape index (κ2) is 9.33. The number of carboxylic acids is 1. The lowest BCUT2D eigenvalue weighted by atomic mass is 9.97. The van der Waals surface area contributed by atoms with Crippen LogP contribution in [0.25, 0.3) is 10.8 Å². The molecule has 1 aliphatic heterocycles. The Morgan fingerprint density at radius 1 is 0.853 bits per heavy atom. The van der Waals surface area contributed by atoms with Crippen LogP contribution in [-0.4, -0.2) is 27.8 Å². The Morgan fingerprint density at radius 3 is 2.38 bits per heavy atom. The minimum absolute atomic E-state index is 0.146. The predicted molar refractivity (Wildman–Crippen MR) is 133 cm³/mol. The standard InChI is InChI=1S/C28H23NO4S/c30-26(19-4-6-20(7-5-19)28(32)33)22-8-2-18-3-9-23(15-24(18)14-22)27(31)29-16-17-1-10-25-21(13-17)11-12-34-25/h1-10,13-15,26,30H,11-12,16H2,(H,29,31)(H,32,33). The molecular formula is C28H23NO4S. The van der Waals surface area contributed by atoms with Crippen LogP contribution in [0.2, 0.25) is 0 Å². The monoisotopic (exact) mass is 469 g/mol. The van der Waals surface area contributed by atoms with E-state index in [4.69, 9.17) is 5.11 Å². The summed E-state index contributed by atoms with van der Waals surface area (Å²) in [7, 11) is 0. The molecular weight excluding hydrogens is 446 g/mol. The first kappa shape index (κ1) is 22.2. The fourth-order valence-electron chi connectivity index (χ4n) is 4.21. The Labute approximate surface area is 201 Å². The molecule has 4 aromatic carbocycles. The minimum Gasteiger partial charge on any atom is -0.478 e. The van der Waals surface area contributed by atoms with Crippen molar-refractivity contribution in [3.05, 3.63) is 112 Å². The van der Waals surface area contributed by atoms with Gasteiger partial charge in [-0.15, -0.1) is 11.8 Å². The Hall–Kier alpha value is -3.61. The van der Waals surface area contributed by atoms with Crippen molar-refractivity contribution in [1.29, 1.82) is 0 Å². The van der Waals surface area contributed by atoms with Crippen molar-refractivity contribution in [2.75, 3.05) is 5.75 Å². The maximum atomic E-state index is 12.8. The van der Waals surface area contributed by atoms with Crippen LogP contribution < -0.4 is 5.32 Å². The smallest absolute Gasteiger partial charge is 0.335 e. The molecule has 0 saturated carbocycles. The van der Waals surface area contributed by atoms with Crippen molar-refractivity contribution >= 4 is 34.4 Å². The maximum Gasteiger partial charge on any atom is 0.335 e. The minimum atomic E-state index is -1.01. The molecule has 1 unspecified atom stereocenters. The third-order valence-corrected chi connectivity index (χ3v) is 7.24. The van der Waals surface area contributed by atoms with E-state index in [-0.39, 0.29) is 11.5 Å². The molecule has 0 fully saturated rings. The molecule has 0 bridgehead atoms. The number of hydrogen-bond donors (Lipinski definition) is 3. The molecule has 5 nitrogen and oxygen atoms in total. The average molecular weight is 470 g/mol. The normalized spacial score (nSPS) is 13.4. The van der Waals surface area contributed by atoms with Gasteiger partial charge in [0.1, 0.15) is 6.10 Å². The summed E-state index contributed by atoms with van der Waals surface area (Å²) in [4.78, 5) is 25.2. The highest BCUT2D eigenvalue weighted by Gasteiger charge is 2.14. The van der Waals surface area contributed by atoms with Gasteiger partial charge in [-0.25, -0.2) is 4.79 Å². The lowest BCUT2D eigenvalue weighted by Crippen LogP contribution is -2.22. The van der Waals surface area contributed by atoms with Crippen LogP contribution >= 0.6 is 11.8 Å².